The molecule has 0 fully saturated rings. The van der Waals surface area contributed by atoms with Crippen molar-refractivity contribution < 1.29 is 15.3 Å². The van der Waals surface area contributed by atoms with E-state index in [1.807, 2.05) is 6.08 Å². The van der Waals surface area contributed by atoms with Crippen molar-refractivity contribution >= 4 is 17.7 Å². The van der Waals surface area contributed by atoms with Crippen molar-refractivity contribution in [1.29, 1.82) is 0 Å². The Morgan fingerprint density at radius 1 is 1.19 bits per heavy atom. The smallest absolute Gasteiger partial charge is 0.117 e. The van der Waals surface area contributed by atoms with E-state index in [0.29, 0.717) is 11.4 Å². The van der Waals surface area contributed by atoms with Crippen LogP contribution in [0.25, 0.3) is 6.08 Å². The van der Waals surface area contributed by atoms with Crippen LogP contribution in [-0.2, 0) is 0 Å². The van der Waals surface area contributed by atoms with Gasteiger partial charge in [-0.1, -0.05) is 62.6 Å². The molecule has 0 aliphatic carbocycles. The summed E-state index contributed by atoms with van der Waals surface area (Å²) in [6.07, 6.45) is 8.02. The fourth-order valence-electron chi connectivity index (χ4n) is 2.98. The first-order valence-corrected chi connectivity index (χ1v) is 9.65. The van der Waals surface area contributed by atoms with Gasteiger partial charge in [-0.25, -0.2) is 0 Å². The monoisotopic (exact) mass is 378 g/mol. The summed E-state index contributed by atoms with van der Waals surface area (Å²) in [5.41, 5.74) is 3.69. The molecule has 26 heavy (non-hydrogen) atoms. The number of benzene rings is 1. The van der Waals surface area contributed by atoms with E-state index in [2.05, 4.69) is 20.4 Å². The number of allylic oxidation sites excluding steroid dienone is 1. The number of halogens is 1. The van der Waals surface area contributed by atoms with Crippen molar-refractivity contribution in [2.45, 2.75) is 58.5 Å². The zero-order chi connectivity index (χ0) is 19.5. The third-order valence-electron chi connectivity index (χ3n) is 4.28. The van der Waals surface area contributed by atoms with E-state index in [1.54, 1.807) is 18.2 Å². The van der Waals surface area contributed by atoms with Crippen molar-refractivity contribution in [1.82, 2.24) is 0 Å². The number of aliphatic hydroxyl groups is 2. The minimum atomic E-state index is -0.642. The number of phenols is 1. The van der Waals surface area contributed by atoms with Crippen LogP contribution in [-0.4, -0.2) is 28.0 Å². The molecular formula is C22H31ClO3. The summed E-state index contributed by atoms with van der Waals surface area (Å²) in [7, 11) is 0. The Hall–Kier alpha value is -1.55. The molecule has 3 nitrogen and oxygen atoms in total. The lowest BCUT2D eigenvalue weighted by atomic mass is 9.92. The SMILES string of the molecule is C=C(CCC)/C(=C/CO)C(O)CC/C(=C/c1ccc(O)cc1Cl)CCC. The van der Waals surface area contributed by atoms with Crippen LogP contribution in [0.2, 0.25) is 5.02 Å². The van der Waals surface area contributed by atoms with Gasteiger partial charge in [-0.2, -0.15) is 0 Å². The molecule has 0 saturated heterocycles. The number of aromatic hydroxyl groups is 1. The zero-order valence-corrected chi connectivity index (χ0v) is 16.6. The third kappa shape index (κ3) is 7.36. The van der Waals surface area contributed by atoms with Gasteiger partial charge in [0.25, 0.3) is 0 Å². The van der Waals surface area contributed by atoms with Crippen molar-refractivity contribution in [3.8, 4) is 5.75 Å². The van der Waals surface area contributed by atoms with E-state index < -0.39 is 6.10 Å². The standard InChI is InChI=1S/C22H31ClO3/c1-4-6-16(3)20(12-13-24)22(26)11-8-17(7-5-2)14-18-9-10-19(25)15-21(18)23/h9-10,12,14-15,22,24-26H,3-8,11,13H2,1-2H3/b17-14+,20-12-. The minimum Gasteiger partial charge on any atom is -0.508 e. The lowest BCUT2D eigenvalue weighted by molar-refractivity contribution is 0.200. The van der Waals surface area contributed by atoms with Gasteiger partial charge in [-0.05, 0) is 60.6 Å². The molecule has 0 amide bonds. The van der Waals surface area contributed by atoms with Crippen LogP contribution in [0, 0.1) is 0 Å². The Morgan fingerprint density at radius 2 is 1.88 bits per heavy atom. The second kappa shape index (κ2) is 11.9. The average molecular weight is 379 g/mol. The maximum atomic E-state index is 10.6. The number of rotatable bonds is 11. The fraction of sp³-hybridized carbons (Fsp3) is 0.455. The highest BCUT2D eigenvalue weighted by molar-refractivity contribution is 6.32. The van der Waals surface area contributed by atoms with Crippen molar-refractivity contribution in [3.05, 3.63) is 58.2 Å². The number of hydrogen-bond donors (Lipinski definition) is 3. The van der Waals surface area contributed by atoms with Crippen LogP contribution in [0.3, 0.4) is 0 Å². The van der Waals surface area contributed by atoms with E-state index in [9.17, 15) is 15.3 Å². The molecule has 0 radical (unpaired) electrons. The minimum absolute atomic E-state index is 0.101. The topological polar surface area (TPSA) is 60.7 Å². The highest BCUT2D eigenvalue weighted by Gasteiger charge is 2.14. The molecule has 3 N–H and O–H groups in total. The molecule has 0 spiro atoms. The largest absolute Gasteiger partial charge is 0.508 e. The molecule has 1 aromatic carbocycles. The Kier molecular flexibility index (Phi) is 10.3. The van der Waals surface area contributed by atoms with Gasteiger partial charge >= 0.3 is 0 Å². The van der Waals surface area contributed by atoms with Crippen molar-refractivity contribution in [3.63, 3.8) is 0 Å². The van der Waals surface area contributed by atoms with E-state index in [1.165, 1.54) is 11.6 Å². The van der Waals surface area contributed by atoms with Gasteiger partial charge < -0.3 is 15.3 Å². The molecule has 0 aliphatic heterocycles. The Morgan fingerprint density at radius 3 is 2.46 bits per heavy atom. The first kappa shape index (κ1) is 22.5. The summed E-state index contributed by atoms with van der Waals surface area (Å²) in [5.74, 6) is 0.146. The van der Waals surface area contributed by atoms with Crippen molar-refractivity contribution in [2.24, 2.45) is 0 Å². The van der Waals surface area contributed by atoms with Gasteiger partial charge in [0.2, 0.25) is 0 Å². The van der Waals surface area contributed by atoms with Gasteiger partial charge in [0.05, 0.1) is 17.7 Å². The summed E-state index contributed by atoms with van der Waals surface area (Å²) in [6.45, 7) is 8.12. The van der Waals surface area contributed by atoms with E-state index in [4.69, 9.17) is 11.6 Å². The molecule has 1 atom stereocenters. The number of phenolic OH excluding ortho intramolecular Hbond substituents is 1. The predicted molar refractivity (Wildman–Crippen MR) is 110 cm³/mol. The number of hydrogen-bond acceptors (Lipinski definition) is 3. The first-order valence-electron chi connectivity index (χ1n) is 9.27. The summed E-state index contributed by atoms with van der Waals surface area (Å²) in [5, 5.41) is 29.8. The molecule has 0 aliphatic rings. The van der Waals surface area contributed by atoms with Gasteiger partial charge in [-0.3, -0.25) is 0 Å². The predicted octanol–water partition coefficient (Wildman–Crippen LogP) is 5.65. The van der Waals surface area contributed by atoms with Crippen LogP contribution in [0.4, 0.5) is 0 Å². The van der Waals surface area contributed by atoms with Gasteiger partial charge in [-0.15, -0.1) is 0 Å². The third-order valence-corrected chi connectivity index (χ3v) is 4.61. The zero-order valence-electron chi connectivity index (χ0n) is 15.8. The molecule has 1 unspecified atom stereocenters. The fourth-order valence-corrected chi connectivity index (χ4v) is 3.21. The summed E-state index contributed by atoms with van der Waals surface area (Å²) in [6, 6.07) is 4.94. The van der Waals surface area contributed by atoms with Gasteiger partial charge in [0, 0.05) is 0 Å². The Labute approximate surface area is 162 Å². The first-order chi connectivity index (χ1) is 12.4. The average Bonchev–Trinajstić information content (AvgIpc) is 2.59. The van der Waals surface area contributed by atoms with Crippen LogP contribution < -0.4 is 0 Å². The molecule has 0 aromatic heterocycles. The van der Waals surface area contributed by atoms with Crippen LogP contribution in [0.5, 0.6) is 5.75 Å². The van der Waals surface area contributed by atoms with E-state index in [0.717, 1.165) is 48.8 Å². The molecule has 0 bridgehead atoms. The van der Waals surface area contributed by atoms with E-state index >= 15 is 0 Å². The maximum Gasteiger partial charge on any atom is 0.117 e. The highest BCUT2D eigenvalue weighted by Crippen LogP contribution is 2.28. The quantitative estimate of drug-likeness (QED) is 0.436. The summed E-state index contributed by atoms with van der Waals surface area (Å²) < 4.78 is 0. The van der Waals surface area contributed by atoms with Gasteiger partial charge in [0.15, 0.2) is 0 Å². The second-order valence-corrected chi connectivity index (χ2v) is 6.92. The molecule has 0 saturated carbocycles. The van der Waals surface area contributed by atoms with Gasteiger partial charge in [0.1, 0.15) is 5.75 Å². The Balaban J connectivity index is 2.88. The summed E-state index contributed by atoms with van der Waals surface area (Å²) in [4.78, 5) is 0. The lowest BCUT2D eigenvalue weighted by Crippen LogP contribution is -2.13. The van der Waals surface area contributed by atoms with Crippen LogP contribution in [0.15, 0.2) is 47.6 Å². The van der Waals surface area contributed by atoms with Crippen LogP contribution in [0.1, 0.15) is 57.9 Å². The molecule has 1 aromatic rings. The highest BCUT2D eigenvalue weighted by atomic mass is 35.5. The molecular weight excluding hydrogens is 348 g/mol. The molecule has 4 heteroatoms. The maximum absolute atomic E-state index is 10.6. The van der Waals surface area contributed by atoms with E-state index in [-0.39, 0.29) is 12.4 Å². The summed E-state index contributed by atoms with van der Waals surface area (Å²) >= 11 is 6.20. The lowest BCUT2D eigenvalue weighted by Gasteiger charge is -2.18. The molecule has 0 heterocycles. The molecule has 1 rings (SSSR count). The molecule has 144 valence electrons. The Bertz CT molecular complexity index is 647. The van der Waals surface area contributed by atoms with Crippen LogP contribution >= 0.6 is 11.6 Å². The number of aliphatic hydroxyl groups excluding tert-OH is 2. The second-order valence-electron chi connectivity index (χ2n) is 6.51. The van der Waals surface area contributed by atoms with Crippen molar-refractivity contribution in [2.75, 3.05) is 6.61 Å². The normalized spacial score (nSPS) is 13.7.